The standard InChI is InChI=1S/C19H20F3NO2.C9H20N4O2.CH4O/c1-4-25-17-11-9-16(10-12-17)23(3)18(24)13(2)14-5-7-15(8-6-14)19(20,21)22;1-7(14)8(12)6-9(15)13(4-2-10)5-3-11;1-2/h5-13H,4H2,1-3H3;8H,2-6,10-12H2,1H3;2H,1H3. The van der Waals surface area contributed by atoms with Crippen molar-refractivity contribution in [2.45, 2.75) is 45.3 Å². The molecular formula is C29H44F3N5O5. The highest BCUT2D eigenvalue weighted by atomic mass is 19.4. The number of anilines is 1. The van der Waals surface area contributed by atoms with E-state index in [9.17, 15) is 27.6 Å². The minimum atomic E-state index is -4.38. The van der Waals surface area contributed by atoms with Crippen LogP contribution in [0.3, 0.4) is 0 Å². The summed E-state index contributed by atoms with van der Waals surface area (Å²) in [5.74, 6) is -0.414. The van der Waals surface area contributed by atoms with E-state index in [0.29, 0.717) is 49.8 Å². The predicted molar refractivity (Wildman–Crippen MR) is 157 cm³/mol. The molecule has 0 aliphatic carbocycles. The van der Waals surface area contributed by atoms with Crippen LogP contribution in [0.15, 0.2) is 48.5 Å². The molecule has 2 rings (SSSR count). The molecule has 0 aromatic heterocycles. The Labute approximate surface area is 245 Å². The van der Waals surface area contributed by atoms with Crippen molar-refractivity contribution in [3.63, 3.8) is 0 Å². The number of carbonyl (C=O) groups is 3. The van der Waals surface area contributed by atoms with Crippen LogP contribution in [0.25, 0.3) is 0 Å². The number of halogens is 3. The highest BCUT2D eigenvalue weighted by Gasteiger charge is 2.30. The molecule has 2 aromatic carbocycles. The average molecular weight is 600 g/mol. The van der Waals surface area contributed by atoms with Gasteiger partial charge in [0.2, 0.25) is 11.8 Å². The zero-order valence-electron chi connectivity index (χ0n) is 24.9. The highest BCUT2D eigenvalue weighted by Crippen LogP contribution is 2.31. The number of carbonyl (C=O) groups excluding carboxylic acids is 3. The molecular weight excluding hydrogens is 555 g/mol. The highest BCUT2D eigenvalue weighted by molar-refractivity contribution is 5.97. The summed E-state index contributed by atoms with van der Waals surface area (Å²) in [6.45, 7) is 7.13. The number of Topliss-reactive ketones (excluding diaryl/α,β-unsaturated/α-hetero) is 1. The second kappa shape index (κ2) is 19.6. The Morgan fingerprint density at radius 2 is 1.45 bits per heavy atom. The number of ether oxygens (including phenoxy) is 1. The second-order valence-corrected chi connectivity index (χ2v) is 9.05. The molecule has 0 spiro atoms. The fraction of sp³-hybridized carbons (Fsp3) is 0.483. The number of benzene rings is 2. The second-order valence-electron chi connectivity index (χ2n) is 9.05. The van der Waals surface area contributed by atoms with E-state index in [1.54, 1.807) is 38.2 Å². The quantitative estimate of drug-likeness (QED) is 0.289. The number of aliphatic hydroxyl groups is 1. The summed E-state index contributed by atoms with van der Waals surface area (Å²) in [4.78, 5) is 38.1. The maximum Gasteiger partial charge on any atom is 0.416 e. The van der Waals surface area contributed by atoms with Gasteiger partial charge in [-0.1, -0.05) is 12.1 Å². The lowest BCUT2D eigenvalue weighted by Gasteiger charge is -2.22. The van der Waals surface area contributed by atoms with Crippen molar-refractivity contribution in [3.8, 4) is 5.75 Å². The van der Waals surface area contributed by atoms with Crippen molar-refractivity contribution in [2.75, 3.05) is 51.8 Å². The maximum absolute atomic E-state index is 12.6. The molecule has 2 aromatic rings. The summed E-state index contributed by atoms with van der Waals surface area (Å²) in [7, 11) is 2.64. The third-order valence-electron chi connectivity index (χ3n) is 6.04. The van der Waals surface area contributed by atoms with Crippen LogP contribution in [-0.4, -0.2) is 80.6 Å². The summed E-state index contributed by atoms with van der Waals surface area (Å²) < 4.78 is 43.3. The molecule has 2 unspecified atom stereocenters. The first-order valence-corrected chi connectivity index (χ1v) is 13.3. The third-order valence-corrected chi connectivity index (χ3v) is 6.04. The van der Waals surface area contributed by atoms with Gasteiger partial charge >= 0.3 is 6.18 Å². The summed E-state index contributed by atoms with van der Waals surface area (Å²) in [6.07, 6.45) is -4.36. The van der Waals surface area contributed by atoms with E-state index in [1.165, 1.54) is 28.9 Å². The van der Waals surface area contributed by atoms with Gasteiger partial charge in [-0.3, -0.25) is 14.4 Å². The molecule has 0 aliphatic heterocycles. The van der Waals surface area contributed by atoms with E-state index in [2.05, 4.69) is 0 Å². The number of amides is 2. The van der Waals surface area contributed by atoms with Gasteiger partial charge in [-0.2, -0.15) is 13.2 Å². The first kappa shape index (κ1) is 38.5. The molecule has 13 heteroatoms. The van der Waals surface area contributed by atoms with E-state index in [4.69, 9.17) is 27.0 Å². The van der Waals surface area contributed by atoms with E-state index in [-0.39, 0.29) is 24.0 Å². The molecule has 0 saturated heterocycles. The molecule has 42 heavy (non-hydrogen) atoms. The summed E-state index contributed by atoms with van der Waals surface area (Å²) >= 11 is 0. The van der Waals surface area contributed by atoms with Crippen LogP contribution in [-0.2, 0) is 20.6 Å². The van der Waals surface area contributed by atoms with Crippen LogP contribution in [0, 0.1) is 0 Å². The SMILES string of the molecule is CC(=O)C(N)CC(=O)N(CCN)CCN.CCOc1ccc(N(C)C(=O)C(C)c2ccc(C(F)(F)F)cc2)cc1.CO. The van der Waals surface area contributed by atoms with Gasteiger partial charge in [-0.25, -0.2) is 0 Å². The van der Waals surface area contributed by atoms with Gasteiger partial charge in [0.1, 0.15) is 11.5 Å². The zero-order valence-corrected chi connectivity index (χ0v) is 24.9. The molecule has 236 valence electrons. The fourth-order valence-corrected chi connectivity index (χ4v) is 3.59. The number of ketones is 1. The third kappa shape index (κ3) is 13.0. The monoisotopic (exact) mass is 599 g/mol. The van der Waals surface area contributed by atoms with Crippen molar-refractivity contribution >= 4 is 23.3 Å². The van der Waals surface area contributed by atoms with E-state index < -0.39 is 23.7 Å². The molecule has 0 aliphatic rings. The Hall–Kier alpha value is -3.52. The Morgan fingerprint density at radius 1 is 0.952 bits per heavy atom. The fourth-order valence-electron chi connectivity index (χ4n) is 3.59. The van der Waals surface area contributed by atoms with E-state index in [0.717, 1.165) is 19.2 Å². The Bertz CT molecular complexity index is 1080. The van der Waals surface area contributed by atoms with Crippen molar-refractivity contribution in [3.05, 3.63) is 59.7 Å². The average Bonchev–Trinajstić information content (AvgIpc) is 2.97. The minimum absolute atomic E-state index is 0.0231. The van der Waals surface area contributed by atoms with E-state index in [1.807, 2.05) is 6.92 Å². The molecule has 2 amide bonds. The number of aliphatic hydroxyl groups excluding tert-OH is 1. The van der Waals surface area contributed by atoms with Crippen LogP contribution in [0.1, 0.15) is 44.2 Å². The predicted octanol–water partition coefficient (Wildman–Crippen LogP) is 2.52. The number of nitrogens with zero attached hydrogens (tertiary/aromatic N) is 2. The minimum Gasteiger partial charge on any atom is -0.494 e. The molecule has 0 radical (unpaired) electrons. The number of nitrogens with two attached hydrogens (primary N) is 3. The lowest BCUT2D eigenvalue weighted by atomic mass is 9.98. The van der Waals surface area contributed by atoms with Crippen molar-refractivity contribution in [2.24, 2.45) is 17.2 Å². The molecule has 7 N–H and O–H groups in total. The van der Waals surface area contributed by atoms with Gasteiger partial charge < -0.3 is 36.8 Å². The van der Waals surface area contributed by atoms with Crippen LogP contribution < -0.4 is 26.8 Å². The Kier molecular flexibility index (Phi) is 17.9. The maximum atomic E-state index is 12.6. The Balaban J connectivity index is 0.000000850. The van der Waals surface area contributed by atoms with Crippen molar-refractivity contribution < 1.29 is 37.4 Å². The van der Waals surface area contributed by atoms with E-state index >= 15 is 0 Å². The van der Waals surface area contributed by atoms with Gasteiger partial charge in [0.15, 0.2) is 0 Å². The number of rotatable bonds is 12. The van der Waals surface area contributed by atoms with Crippen LogP contribution >= 0.6 is 0 Å². The van der Waals surface area contributed by atoms with Gasteiger partial charge in [0.25, 0.3) is 0 Å². The Morgan fingerprint density at radius 3 is 1.86 bits per heavy atom. The molecule has 0 bridgehead atoms. The normalized spacial score (nSPS) is 12.0. The first-order chi connectivity index (χ1) is 19.8. The molecule has 2 atom stereocenters. The summed E-state index contributed by atoms with van der Waals surface area (Å²) in [5, 5.41) is 7.00. The van der Waals surface area contributed by atoms with Gasteiger partial charge in [-0.05, 0) is 62.7 Å². The number of likely N-dealkylation sites (N-methyl/N-ethyl adjacent to an activating group) is 1. The topological polar surface area (TPSA) is 165 Å². The molecule has 0 fully saturated rings. The number of hydrogen-bond donors (Lipinski definition) is 4. The largest absolute Gasteiger partial charge is 0.494 e. The van der Waals surface area contributed by atoms with Crippen molar-refractivity contribution in [1.82, 2.24) is 4.90 Å². The summed E-state index contributed by atoms with van der Waals surface area (Å²) in [5.41, 5.74) is 16.7. The molecule has 0 heterocycles. The lowest BCUT2D eigenvalue weighted by molar-refractivity contribution is -0.137. The van der Waals surface area contributed by atoms with Gasteiger partial charge in [-0.15, -0.1) is 0 Å². The first-order valence-electron chi connectivity index (χ1n) is 13.3. The summed E-state index contributed by atoms with van der Waals surface area (Å²) in [6, 6.07) is 11.0. The molecule has 0 saturated carbocycles. The van der Waals surface area contributed by atoms with Crippen molar-refractivity contribution in [1.29, 1.82) is 0 Å². The van der Waals surface area contributed by atoms with Crippen LogP contribution in [0.5, 0.6) is 5.75 Å². The number of hydrogen-bond acceptors (Lipinski definition) is 8. The van der Waals surface area contributed by atoms with Gasteiger partial charge in [0.05, 0.1) is 24.1 Å². The lowest BCUT2D eigenvalue weighted by Crippen LogP contribution is -2.42. The van der Waals surface area contributed by atoms with Crippen LogP contribution in [0.4, 0.5) is 18.9 Å². The zero-order chi connectivity index (χ0) is 32.5. The van der Waals surface area contributed by atoms with Crippen LogP contribution in [0.2, 0.25) is 0 Å². The number of alkyl halides is 3. The molecule has 10 nitrogen and oxygen atoms in total. The van der Waals surface area contributed by atoms with Gasteiger partial charge in [0, 0.05) is 52.4 Å². The smallest absolute Gasteiger partial charge is 0.416 e.